The van der Waals surface area contributed by atoms with Gasteiger partial charge in [-0.2, -0.15) is 4.98 Å². The van der Waals surface area contributed by atoms with Gasteiger partial charge in [0.25, 0.3) is 5.95 Å². The van der Waals surface area contributed by atoms with Crippen LogP contribution in [-0.2, 0) is 0 Å². The molecule has 2 rings (SSSR count). The third-order valence-electron chi connectivity index (χ3n) is 1.97. The van der Waals surface area contributed by atoms with E-state index in [0.29, 0.717) is 10.7 Å². The molecule has 0 aliphatic heterocycles. The molecule has 0 atom stereocenters. The molecule has 0 aliphatic carbocycles. The molecule has 3 N–H and O–H groups in total. The van der Waals surface area contributed by atoms with E-state index in [9.17, 15) is 4.79 Å². The number of urea groups is 1. The smallest absolute Gasteiger partial charge is 0.326 e. The molecule has 88 valence electrons. The quantitative estimate of drug-likeness (QED) is 0.892. The number of nitrogens with one attached hydrogen (secondary N) is 1. The van der Waals surface area contributed by atoms with E-state index in [1.165, 1.54) is 6.33 Å². The normalized spacial score (nSPS) is 10.2. The Bertz CT molecular complexity index is 544. The zero-order chi connectivity index (χ0) is 12.4. The monoisotopic (exact) mass is 315 g/mol. The number of carbonyl (C=O) groups excluding carboxylic acids is 1. The summed E-state index contributed by atoms with van der Waals surface area (Å²) in [5.41, 5.74) is 5.71. The van der Waals surface area contributed by atoms with Crippen LogP contribution in [0.15, 0.2) is 29.0 Å². The van der Waals surface area contributed by atoms with Gasteiger partial charge < -0.3 is 5.73 Å². The van der Waals surface area contributed by atoms with Gasteiger partial charge in [-0.25, -0.2) is 9.69 Å². The van der Waals surface area contributed by atoms with Crippen molar-refractivity contribution in [3.63, 3.8) is 0 Å². The van der Waals surface area contributed by atoms with E-state index < -0.39 is 6.03 Å². The molecule has 1 heterocycles. The van der Waals surface area contributed by atoms with Crippen LogP contribution in [0.3, 0.4) is 0 Å². The van der Waals surface area contributed by atoms with Gasteiger partial charge in [-0.1, -0.05) is 27.5 Å². The van der Waals surface area contributed by atoms with Crippen molar-refractivity contribution in [3.05, 3.63) is 34.0 Å². The van der Waals surface area contributed by atoms with Crippen molar-refractivity contribution in [1.29, 1.82) is 0 Å². The van der Waals surface area contributed by atoms with E-state index >= 15 is 0 Å². The van der Waals surface area contributed by atoms with Gasteiger partial charge in [0.05, 0.1) is 10.7 Å². The first kappa shape index (κ1) is 11.9. The molecule has 0 saturated carbocycles. The fourth-order valence-electron chi connectivity index (χ4n) is 1.30. The van der Waals surface area contributed by atoms with E-state index in [4.69, 9.17) is 17.3 Å². The lowest BCUT2D eigenvalue weighted by atomic mass is 10.3. The number of primary amides is 1. The zero-order valence-electron chi connectivity index (χ0n) is 8.39. The lowest BCUT2D eigenvalue weighted by Crippen LogP contribution is -2.32. The summed E-state index contributed by atoms with van der Waals surface area (Å²) in [4.78, 5) is 16.4. The van der Waals surface area contributed by atoms with Crippen molar-refractivity contribution >= 4 is 45.2 Å². The number of hydrogen-bond donors (Lipinski definition) is 2. The number of halogens is 2. The number of anilines is 2. The molecule has 2 amide bonds. The fourth-order valence-corrected chi connectivity index (χ4v) is 2.06. The molecule has 0 unspecified atom stereocenters. The summed E-state index contributed by atoms with van der Waals surface area (Å²) in [7, 11) is 0. The van der Waals surface area contributed by atoms with Crippen molar-refractivity contribution in [2.45, 2.75) is 0 Å². The summed E-state index contributed by atoms with van der Waals surface area (Å²) in [5.74, 6) is 0.140. The highest BCUT2D eigenvalue weighted by molar-refractivity contribution is 9.10. The van der Waals surface area contributed by atoms with Gasteiger partial charge >= 0.3 is 6.03 Å². The van der Waals surface area contributed by atoms with Crippen LogP contribution in [0, 0.1) is 0 Å². The van der Waals surface area contributed by atoms with Crippen molar-refractivity contribution < 1.29 is 4.79 Å². The molecule has 0 aliphatic rings. The molecule has 1 aromatic heterocycles. The lowest BCUT2D eigenvalue weighted by Gasteiger charge is -2.17. The molecule has 1 aromatic carbocycles. The Balaban J connectivity index is 2.51. The number of rotatable bonds is 2. The van der Waals surface area contributed by atoms with E-state index in [-0.39, 0.29) is 5.95 Å². The minimum absolute atomic E-state index is 0.140. The topological polar surface area (TPSA) is 87.9 Å². The number of aromatic amines is 1. The first-order valence-corrected chi connectivity index (χ1v) is 5.67. The van der Waals surface area contributed by atoms with Gasteiger partial charge in [0.1, 0.15) is 6.33 Å². The minimum Gasteiger partial charge on any atom is -0.351 e. The third-order valence-corrected chi connectivity index (χ3v) is 2.77. The Morgan fingerprint density at radius 2 is 2.29 bits per heavy atom. The summed E-state index contributed by atoms with van der Waals surface area (Å²) in [6, 6.07) is 4.32. The van der Waals surface area contributed by atoms with Gasteiger partial charge in [-0.05, 0) is 18.2 Å². The minimum atomic E-state index is -0.714. The summed E-state index contributed by atoms with van der Waals surface area (Å²) in [6.07, 6.45) is 1.35. The molecule has 0 spiro atoms. The summed E-state index contributed by atoms with van der Waals surface area (Å²) in [5, 5.41) is 6.66. The van der Waals surface area contributed by atoms with E-state index in [1.807, 2.05) is 0 Å². The first-order valence-electron chi connectivity index (χ1n) is 4.50. The number of hydrogen-bond acceptors (Lipinski definition) is 3. The zero-order valence-corrected chi connectivity index (χ0v) is 10.7. The van der Waals surface area contributed by atoms with Crippen LogP contribution in [0.5, 0.6) is 0 Å². The summed E-state index contributed by atoms with van der Waals surface area (Å²) >= 11 is 9.31. The second-order valence-corrected chi connectivity index (χ2v) is 4.39. The maximum Gasteiger partial charge on any atom is 0.326 e. The van der Waals surface area contributed by atoms with Gasteiger partial charge in [-0.3, -0.25) is 5.10 Å². The van der Waals surface area contributed by atoms with Crippen LogP contribution in [-0.4, -0.2) is 21.2 Å². The van der Waals surface area contributed by atoms with Crippen molar-refractivity contribution in [1.82, 2.24) is 15.2 Å². The summed E-state index contributed by atoms with van der Waals surface area (Å²) in [6.45, 7) is 0. The number of nitrogens with zero attached hydrogens (tertiary/aromatic N) is 3. The molecule has 0 fully saturated rings. The van der Waals surface area contributed by atoms with Crippen molar-refractivity contribution in [2.24, 2.45) is 5.73 Å². The maximum atomic E-state index is 11.4. The number of amides is 2. The van der Waals surface area contributed by atoms with E-state index in [1.54, 1.807) is 18.2 Å². The predicted octanol–water partition coefficient (Wildman–Crippen LogP) is 2.44. The van der Waals surface area contributed by atoms with Crippen molar-refractivity contribution in [3.8, 4) is 0 Å². The fraction of sp³-hybridized carbons (Fsp3) is 0. The van der Waals surface area contributed by atoms with Gasteiger partial charge in [0.2, 0.25) is 0 Å². The molecule has 0 radical (unpaired) electrons. The molecule has 2 aromatic rings. The van der Waals surface area contributed by atoms with Gasteiger partial charge in [-0.15, -0.1) is 5.10 Å². The van der Waals surface area contributed by atoms with E-state index in [2.05, 4.69) is 31.1 Å². The number of carbonyl (C=O) groups is 1. The predicted molar refractivity (Wildman–Crippen MR) is 67.3 cm³/mol. The van der Waals surface area contributed by atoms with Crippen LogP contribution in [0.1, 0.15) is 0 Å². The Hall–Kier alpha value is -1.60. The van der Waals surface area contributed by atoms with Crippen molar-refractivity contribution in [2.75, 3.05) is 4.90 Å². The van der Waals surface area contributed by atoms with E-state index in [0.717, 1.165) is 9.37 Å². The van der Waals surface area contributed by atoms with Crippen LogP contribution in [0.25, 0.3) is 0 Å². The van der Waals surface area contributed by atoms with Gasteiger partial charge in [0.15, 0.2) is 0 Å². The standard InChI is InChI=1S/C9H7BrClN5O/c10-5-1-2-7(6(11)3-5)16(8(12)17)9-13-4-14-15-9/h1-4H,(H2,12,17)(H,13,14,15). The number of nitrogens with two attached hydrogens (primary N) is 1. The van der Waals surface area contributed by atoms with Gasteiger partial charge in [0, 0.05) is 4.47 Å². The molecular weight excluding hydrogens is 309 g/mol. The highest BCUT2D eigenvalue weighted by Gasteiger charge is 2.20. The molecule has 0 bridgehead atoms. The Kier molecular flexibility index (Phi) is 3.30. The largest absolute Gasteiger partial charge is 0.351 e. The number of benzene rings is 1. The SMILES string of the molecule is NC(=O)N(c1nc[nH]n1)c1ccc(Br)cc1Cl. The second-order valence-electron chi connectivity index (χ2n) is 3.07. The summed E-state index contributed by atoms with van der Waals surface area (Å²) < 4.78 is 0.797. The first-order chi connectivity index (χ1) is 8.09. The molecule has 17 heavy (non-hydrogen) atoms. The third kappa shape index (κ3) is 2.40. The van der Waals surface area contributed by atoms with Crippen LogP contribution >= 0.6 is 27.5 Å². The Morgan fingerprint density at radius 1 is 1.53 bits per heavy atom. The molecule has 0 saturated heterocycles. The second kappa shape index (κ2) is 4.72. The van der Waals surface area contributed by atoms with Crippen LogP contribution < -0.4 is 10.6 Å². The van der Waals surface area contributed by atoms with Crippen LogP contribution in [0.4, 0.5) is 16.4 Å². The number of H-pyrrole nitrogens is 1. The number of aromatic nitrogens is 3. The highest BCUT2D eigenvalue weighted by Crippen LogP contribution is 2.31. The highest BCUT2D eigenvalue weighted by atomic mass is 79.9. The molecule has 6 nitrogen and oxygen atoms in total. The molecular formula is C9H7BrClN5O. The Labute approximate surface area is 110 Å². The lowest BCUT2D eigenvalue weighted by molar-refractivity contribution is 0.256. The molecule has 8 heteroatoms. The Morgan fingerprint density at radius 3 is 2.82 bits per heavy atom. The average Bonchev–Trinajstić information content (AvgIpc) is 2.74. The van der Waals surface area contributed by atoms with Crippen LogP contribution in [0.2, 0.25) is 5.02 Å². The maximum absolute atomic E-state index is 11.4. The average molecular weight is 317 g/mol.